The molecule has 1 aromatic heterocycles. The molecule has 0 saturated heterocycles. The average Bonchev–Trinajstić information content (AvgIpc) is 3.23. The fourth-order valence-electron chi connectivity index (χ4n) is 3.51. The molecule has 11 heteroatoms. The highest BCUT2D eigenvalue weighted by Crippen LogP contribution is 2.36. The molecule has 0 unspecified atom stereocenters. The molecule has 0 atom stereocenters. The Hall–Kier alpha value is -4.25. The molecule has 3 rings (SSSR count). The fraction of sp³-hybridized carbons (Fsp3) is 0.269. The summed E-state index contributed by atoms with van der Waals surface area (Å²) in [6, 6.07) is 9.65. The van der Waals surface area contributed by atoms with E-state index < -0.39 is 17.8 Å². The maximum absolute atomic E-state index is 13.3. The number of hydrogen-bond donors (Lipinski definition) is 2. The van der Waals surface area contributed by atoms with Crippen molar-refractivity contribution in [1.29, 1.82) is 0 Å². The van der Waals surface area contributed by atoms with Crippen LogP contribution in [0.5, 0.6) is 23.0 Å². The molecule has 0 bridgehead atoms. The first-order valence-corrected chi connectivity index (χ1v) is 12.0. The second kappa shape index (κ2) is 12.1. The number of carbonyl (C=O) groups is 3. The molecule has 0 fully saturated rings. The molecular formula is C26H28N2O8S. The van der Waals surface area contributed by atoms with Crippen LogP contribution >= 0.6 is 11.3 Å². The van der Waals surface area contributed by atoms with Crippen molar-refractivity contribution in [2.45, 2.75) is 13.8 Å². The average molecular weight is 529 g/mol. The van der Waals surface area contributed by atoms with E-state index in [-0.39, 0.29) is 27.6 Å². The Morgan fingerprint density at radius 2 is 1.49 bits per heavy atom. The van der Waals surface area contributed by atoms with Gasteiger partial charge in [0.05, 0.1) is 51.2 Å². The summed E-state index contributed by atoms with van der Waals surface area (Å²) in [5.41, 5.74) is 1.12. The van der Waals surface area contributed by atoms with Crippen LogP contribution in [0.1, 0.15) is 42.9 Å². The van der Waals surface area contributed by atoms with E-state index in [1.165, 1.54) is 34.5 Å². The Balaban J connectivity index is 1.98. The molecule has 0 aliphatic carbocycles. The molecule has 3 aromatic rings. The summed E-state index contributed by atoms with van der Waals surface area (Å²) in [4.78, 5) is 39.3. The predicted molar refractivity (Wildman–Crippen MR) is 140 cm³/mol. The maximum atomic E-state index is 13.3. The van der Waals surface area contributed by atoms with E-state index >= 15 is 0 Å². The molecule has 2 amide bonds. The standard InChI is InChI=1S/C26H28N2O8S/c1-7-36-26(31)21-14(2)22(24(30)27-17-13-16(32-3)9-11-18(17)33-4)37-25(21)28-23(29)15-8-10-19(34-5)20(12-15)35-6/h8-13H,7H2,1-6H3,(H,27,30)(H,28,29). The van der Waals surface area contributed by atoms with Crippen LogP contribution in [0.25, 0.3) is 0 Å². The smallest absolute Gasteiger partial charge is 0.341 e. The summed E-state index contributed by atoms with van der Waals surface area (Å²) in [5, 5.41) is 5.70. The highest BCUT2D eigenvalue weighted by Gasteiger charge is 2.27. The molecule has 0 radical (unpaired) electrons. The normalized spacial score (nSPS) is 10.3. The molecule has 37 heavy (non-hydrogen) atoms. The van der Waals surface area contributed by atoms with Crippen LogP contribution in [0.15, 0.2) is 36.4 Å². The van der Waals surface area contributed by atoms with Gasteiger partial charge < -0.3 is 34.3 Å². The number of carbonyl (C=O) groups excluding carboxylic acids is 3. The summed E-state index contributed by atoms with van der Waals surface area (Å²) in [7, 11) is 5.94. The number of amides is 2. The first-order chi connectivity index (χ1) is 17.8. The monoisotopic (exact) mass is 528 g/mol. The van der Waals surface area contributed by atoms with Crippen LogP contribution in [0.4, 0.5) is 10.7 Å². The number of rotatable bonds is 10. The van der Waals surface area contributed by atoms with Gasteiger partial charge in [-0.2, -0.15) is 0 Å². The number of anilines is 2. The van der Waals surface area contributed by atoms with E-state index in [0.29, 0.717) is 34.2 Å². The van der Waals surface area contributed by atoms with Crippen LogP contribution in [0, 0.1) is 6.92 Å². The predicted octanol–water partition coefficient (Wildman–Crippen LogP) is 4.77. The van der Waals surface area contributed by atoms with Crippen molar-refractivity contribution >= 4 is 39.8 Å². The molecule has 196 valence electrons. The van der Waals surface area contributed by atoms with Crippen molar-refractivity contribution < 1.29 is 38.1 Å². The number of ether oxygens (including phenoxy) is 5. The third-order valence-corrected chi connectivity index (χ3v) is 6.57. The highest BCUT2D eigenvalue weighted by atomic mass is 32.1. The lowest BCUT2D eigenvalue weighted by atomic mass is 10.1. The summed E-state index contributed by atoms with van der Waals surface area (Å²) in [5.74, 6) is 0.128. The molecule has 0 spiro atoms. The molecule has 2 N–H and O–H groups in total. The Labute approximate surface area is 218 Å². The van der Waals surface area contributed by atoms with Gasteiger partial charge in [0.15, 0.2) is 11.5 Å². The number of benzene rings is 2. The van der Waals surface area contributed by atoms with Crippen molar-refractivity contribution in [1.82, 2.24) is 0 Å². The minimum atomic E-state index is -0.656. The van der Waals surface area contributed by atoms with Crippen molar-refractivity contribution in [3.8, 4) is 23.0 Å². The SMILES string of the molecule is CCOC(=O)c1c(NC(=O)c2ccc(OC)c(OC)c2)sc(C(=O)Nc2cc(OC)ccc2OC)c1C. The minimum Gasteiger partial charge on any atom is -0.497 e. The molecule has 0 aliphatic rings. The Bertz CT molecular complexity index is 1320. The molecule has 0 saturated carbocycles. The van der Waals surface area contributed by atoms with Gasteiger partial charge in [0.1, 0.15) is 16.5 Å². The van der Waals surface area contributed by atoms with Crippen LogP contribution in [-0.4, -0.2) is 52.8 Å². The lowest BCUT2D eigenvalue weighted by molar-refractivity contribution is 0.0527. The molecule has 0 aliphatic heterocycles. The third-order valence-electron chi connectivity index (χ3n) is 5.36. The first kappa shape index (κ1) is 27.3. The van der Waals surface area contributed by atoms with Crippen molar-refractivity contribution in [2.75, 3.05) is 45.7 Å². The zero-order valence-corrected chi connectivity index (χ0v) is 22.2. The van der Waals surface area contributed by atoms with E-state index in [2.05, 4.69) is 10.6 Å². The van der Waals surface area contributed by atoms with Gasteiger partial charge in [0.25, 0.3) is 11.8 Å². The Morgan fingerprint density at radius 3 is 2.11 bits per heavy atom. The van der Waals surface area contributed by atoms with Crippen LogP contribution in [0.3, 0.4) is 0 Å². The topological polar surface area (TPSA) is 121 Å². The van der Waals surface area contributed by atoms with Gasteiger partial charge in [0.2, 0.25) is 0 Å². The largest absolute Gasteiger partial charge is 0.497 e. The molecule has 1 heterocycles. The van der Waals surface area contributed by atoms with E-state index in [1.807, 2.05) is 0 Å². The summed E-state index contributed by atoms with van der Waals surface area (Å²) >= 11 is 0.959. The number of hydrogen-bond acceptors (Lipinski definition) is 9. The Morgan fingerprint density at radius 1 is 0.811 bits per heavy atom. The number of methoxy groups -OCH3 is 4. The first-order valence-electron chi connectivity index (χ1n) is 11.1. The zero-order chi connectivity index (χ0) is 27.1. The van der Waals surface area contributed by atoms with Crippen LogP contribution in [0.2, 0.25) is 0 Å². The van der Waals surface area contributed by atoms with Gasteiger partial charge in [-0.05, 0) is 49.7 Å². The Kier molecular flexibility index (Phi) is 8.96. The number of nitrogens with one attached hydrogen (secondary N) is 2. The van der Waals surface area contributed by atoms with Gasteiger partial charge in [-0.25, -0.2) is 4.79 Å². The fourth-order valence-corrected chi connectivity index (χ4v) is 4.60. The van der Waals surface area contributed by atoms with Crippen molar-refractivity contribution in [3.63, 3.8) is 0 Å². The second-order valence-electron chi connectivity index (χ2n) is 7.53. The van der Waals surface area contributed by atoms with Gasteiger partial charge in [-0.15, -0.1) is 11.3 Å². The van der Waals surface area contributed by atoms with Gasteiger partial charge >= 0.3 is 5.97 Å². The summed E-state index contributed by atoms with van der Waals surface area (Å²) < 4.78 is 26.2. The maximum Gasteiger partial charge on any atom is 0.341 e. The zero-order valence-electron chi connectivity index (χ0n) is 21.3. The molecule has 10 nitrogen and oxygen atoms in total. The van der Waals surface area contributed by atoms with Gasteiger partial charge in [0, 0.05) is 11.6 Å². The van der Waals surface area contributed by atoms with Crippen molar-refractivity contribution in [3.05, 3.63) is 58.0 Å². The van der Waals surface area contributed by atoms with Gasteiger partial charge in [-0.1, -0.05) is 0 Å². The van der Waals surface area contributed by atoms with E-state index in [0.717, 1.165) is 11.3 Å². The third kappa shape index (κ3) is 5.95. The summed E-state index contributed by atoms with van der Waals surface area (Å²) in [6.07, 6.45) is 0. The van der Waals surface area contributed by atoms with E-state index in [1.54, 1.807) is 44.2 Å². The van der Waals surface area contributed by atoms with Gasteiger partial charge in [-0.3, -0.25) is 9.59 Å². The van der Waals surface area contributed by atoms with E-state index in [9.17, 15) is 14.4 Å². The number of thiophene rings is 1. The molecular weight excluding hydrogens is 500 g/mol. The van der Waals surface area contributed by atoms with E-state index in [4.69, 9.17) is 23.7 Å². The van der Waals surface area contributed by atoms with Crippen LogP contribution in [-0.2, 0) is 4.74 Å². The highest BCUT2D eigenvalue weighted by molar-refractivity contribution is 7.19. The minimum absolute atomic E-state index is 0.100. The molecule has 2 aromatic carbocycles. The quantitative estimate of drug-likeness (QED) is 0.361. The number of esters is 1. The lowest BCUT2D eigenvalue weighted by Crippen LogP contribution is -2.15. The summed E-state index contributed by atoms with van der Waals surface area (Å²) in [6.45, 7) is 3.41. The van der Waals surface area contributed by atoms with Crippen molar-refractivity contribution in [2.24, 2.45) is 0 Å². The van der Waals surface area contributed by atoms with Crippen LogP contribution < -0.4 is 29.6 Å². The lowest BCUT2D eigenvalue weighted by Gasteiger charge is -2.11. The second-order valence-corrected chi connectivity index (χ2v) is 8.55.